The van der Waals surface area contributed by atoms with Crippen molar-refractivity contribution in [3.63, 3.8) is 0 Å². The first-order valence-corrected chi connectivity index (χ1v) is 7.15. The standard InChI is InChI=1S/C16H14FN7/c1-10-14(9-24(23-10)13-5-3-12(17)4-6-13)21-16-20-8-11(7-18)15(19-2)22-16/h3-6,8-9H,1-2H3,(H2,19,20,21,22). The predicted molar refractivity (Wildman–Crippen MR) is 87.8 cm³/mol. The maximum atomic E-state index is 13.0. The van der Waals surface area contributed by atoms with Gasteiger partial charge in [0.1, 0.15) is 23.3 Å². The summed E-state index contributed by atoms with van der Waals surface area (Å²) in [5.41, 5.74) is 2.55. The van der Waals surface area contributed by atoms with Gasteiger partial charge in [0.15, 0.2) is 0 Å². The largest absolute Gasteiger partial charge is 0.372 e. The average molecular weight is 323 g/mol. The van der Waals surface area contributed by atoms with E-state index in [4.69, 9.17) is 5.26 Å². The summed E-state index contributed by atoms with van der Waals surface area (Å²) in [5.74, 6) is 0.491. The van der Waals surface area contributed by atoms with Gasteiger partial charge < -0.3 is 10.6 Å². The SMILES string of the molecule is CNc1nc(Nc2cn(-c3ccc(F)cc3)nc2C)ncc1C#N. The Morgan fingerprint density at radius 2 is 2.00 bits per heavy atom. The quantitative estimate of drug-likeness (QED) is 0.767. The topological polar surface area (TPSA) is 91.4 Å². The molecule has 24 heavy (non-hydrogen) atoms. The highest BCUT2D eigenvalue weighted by molar-refractivity contribution is 5.59. The lowest BCUT2D eigenvalue weighted by Crippen LogP contribution is -2.03. The first-order chi connectivity index (χ1) is 11.6. The zero-order valence-electron chi connectivity index (χ0n) is 13.1. The molecule has 0 saturated carbocycles. The molecule has 0 aliphatic rings. The molecule has 0 aliphatic carbocycles. The molecule has 2 heterocycles. The summed E-state index contributed by atoms with van der Waals surface area (Å²) in [6.07, 6.45) is 3.21. The van der Waals surface area contributed by atoms with Gasteiger partial charge in [-0.15, -0.1) is 0 Å². The highest BCUT2D eigenvalue weighted by atomic mass is 19.1. The summed E-state index contributed by atoms with van der Waals surface area (Å²) >= 11 is 0. The van der Waals surface area contributed by atoms with Gasteiger partial charge in [-0.3, -0.25) is 0 Å². The molecule has 1 aromatic carbocycles. The van der Waals surface area contributed by atoms with Crippen LogP contribution in [-0.2, 0) is 0 Å². The summed E-state index contributed by atoms with van der Waals surface area (Å²) < 4.78 is 14.7. The van der Waals surface area contributed by atoms with Crippen molar-refractivity contribution in [1.82, 2.24) is 19.7 Å². The molecule has 0 unspecified atom stereocenters. The minimum atomic E-state index is -0.299. The van der Waals surface area contributed by atoms with Crippen LogP contribution in [0.25, 0.3) is 5.69 Å². The lowest BCUT2D eigenvalue weighted by Gasteiger charge is -2.06. The van der Waals surface area contributed by atoms with Gasteiger partial charge in [-0.1, -0.05) is 0 Å². The van der Waals surface area contributed by atoms with Crippen LogP contribution in [0.1, 0.15) is 11.3 Å². The fourth-order valence-electron chi connectivity index (χ4n) is 2.14. The molecule has 7 nitrogen and oxygen atoms in total. The van der Waals surface area contributed by atoms with Crippen LogP contribution in [0.5, 0.6) is 0 Å². The zero-order chi connectivity index (χ0) is 17.1. The Balaban J connectivity index is 1.89. The molecule has 0 radical (unpaired) electrons. The van der Waals surface area contributed by atoms with Gasteiger partial charge in [0.25, 0.3) is 0 Å². The number of nitrogens with zero attached hydrogens (tertiary/aromatic N) is 5. The summed E-state index contributed by atoms with van der Waals surface area (Å²) in [4.78, 5) is 8.37. The van der Waals surface area contributed by atoms with Crippen LogP contribution in [0.4, 0.5) is 21.8 Å². The van der Waals surface area contributed by atoms with Crippen molar-refractivity contribution in [2.24, 2.45) is 0 Å². The highest BCUT2D eigenvalue weighted by Crippen LogP contribution is 2.21. The van der Waals surface area contributed by atoms with Crippen LogP contribution in [0.15, 0.2) is 36.7 Å². The number of aryl methyl sites for hydroxylation is 1. The first kappa shape index (κ1) is 15.4. The van der Waals surface area contributed by atoms with E-state index in [0.29, 0.717) is 23.0 Å². The van der Waals surface area contributed by atoms with Gasteiger partial charge in [0, 0.05) is 7.05 Å². The van der Waals surface area contributed by atoms with Crippen LogP contribution in [-0.4, -0.2) is 26.8 Å². The number of anilines is 3. The molecule has 8 heteroatoms. The van der Waals surface area contributed by atoms with Gasteiger partial charge in [0.05, 0.1) is 29.5 Å². The van der Waals surface area contributed by atoms with Gasteiger partial charge in [-0.05, 0) is 31.2 Å². The fraction of sp³-hybridized carbons (Fsp3) is 0.125. The van der Waals surface area contributed by atoms with Crippen molar-refractivity contribution in [2.75, 3.05) is 17.7 Å². The maximum absolute atomic E-state index is 13.0. The Bertz CT molecular complexity index is 909. The second-order valence-electron chi connectivity index (χ2n) is 4.99. The third kappa shape index (κ3) is 3.01. The molecule has 120 valence electrons. The second kappa shape index (κ2) is 6.34. The molecule has 2 aromatic heterocycles. The van der Waals surface area contributed by atoms with Gasteiger partial charge in [-0.2, -0.15) is 15.3 Å². The van der Waals surface area contributed by atoms with Crippen LogP contribution in [0.2, 0.25) is 0 Å². The number of nitriles is 1. The number of hydrogen-bond acceptors (Lipinski definition) is 6. The van der Waals surface area contributed by atoms with Crippen molar-refractivity contribution in [2.45, 2.75) is 6.92 Å². The smallest absolute Gasteiger partial charge is 0.229 e. The van der Waals surface area contributed by atoms with Gasteiger partial charge in [-0.25, -0.2) is 14.1 Å². The summed E-state index contributed by atoms with van der Waals surface area (Å²) in [6, 6.07) is 8.05. The minimum absolute atomic E-state index is 0.299. The Morgan fingerprint density at radius 1 is 1.25 bits per heavy atom. The van der Waals surface area contributed by atoms with Crippen LogP contribution >= 0.6 is 0 Å². The number of nitrogens with one attached hydrogen (secondary N) is 2. The van der Waals surface area contributed by atoms with Crippen LogP contribution < -0.4 is 10.6 Å². The normalized spacial score (nSPS) is 10.2. The van der Waals surface area contributed by atoms with E-state index in [1.165, 1.54) is 18.3 Å². The van der Waals surface area contributed by atoms with E-state index in [1.807, 2.05) is 13.0 Å². The molecular weight excluding hydrogens is 309 g/mol. The van der Waals surface area contributed by atoms with Crippen molar-refractivity contribution in [1.29, 1.82) is 5.26 Å². The lowest BCUT2D eigenvalue weighted by atomic mass is 10.3. The predicted octanol–water partition coefficient (Wildman–Crippen LogP) is 2.77. The number of hydrogen-bond donors (Lipinski definition) is 2. The molecule has 0 spiro atoms. The van der Waals surface area contributed by atoms with E-state index >= 15 is 0 Å². The molecular formula is C16H14FN7. The molecule has 2 N–H and O–H groups in total. The third-order valence-corrected chi connectivity index (χ3v) is 3.38. The van der Waals surface area contributed by atoms with E-state index in [0.717, 1.165) is 11.4 Å². The number of rotatable bonds is 4. The first-order valence-electron chi connectivity index (χ1n) is 7.15. The number of halogens is 1. The molecule has 3 rings (SSSR count). The summed E-state index contributed by atoms with van der Waals surface area (Å²) in [5, 5.41) is 19.3. The van der Waals surface area contributed by atoms with E-state index in [1.54, 1.807) is 30.1 Å². The minimum Gasteiger partial charge on any atom is -0.372 e. The third-order valence-electron chi connectivity index (χ3n) is 3.38. The van der Waals surface area contributed by atoms with E-state index < -0.39 is 0 Å². The molecule has 0 saturated heterocycles. The maximum Gasteiger partial charge on any atom is 0.229 e. The molecule has 0 bridgehead atoms. The Labute approximate surface area is 137 Å². The van der Waals surface area contributed by atoms with E-state index in [-0.39, 0.29) is 5.82 Å². The molecule has 3 aromatic rings. The molecule has 0 fully saturated rings. The highest BCUT2D eigenvalue weighted by Gasteiger charge is 2.10. The van der Waals surface area contributed by atoms with Gasteiger partial charge >= 0.3 is 0 Å². The number of aromatic nitrogens is 4. The van der Waals surface area contributed by atoms with Crippen molar-refractivity contribution in [3.05, 3.63) is 53.7 Å². The Morgan fingerprint density at radius 3 is 2.67 bits per heavy atom. The molecule has 0 amide bonds. The number of benzene rings is 1. The molecule has 0 aliphatic heterocycles. The van der Waals surface area contributed by atoms with E-state index in [2.05, 4.69) is 25.7 Å². The van der Waals surface area contributed by atoms with Crippen molar-refractivity contribution < 1.29 is 4.39 Å². The monoisotopic (exact) mass is 323 g/mol. The fourth-order valence-corrected chi connectivity index (χ4v) is 2.14. The Kier molecular flexibility index (Phi) is 4.07. The average Bonchev–Trinajstić information content (AvgIpc) is 2.96. The Hall–Kier alpha value is -3.47. The summed E-state index contributed by atoms with van der Waals surface area (Å²) in [7, 11) is 1.69. The van der Waals surface area contributed by atoms with E-state index in [9.17, 15) is 4.39 Å². The lowest BCUT2D eigenvalue weighted by molar-refractivity contribution is 0.627. The van der Waals surface area contributed by atoms with Crippen molar-refractivity contribution in [3.8, 4) is 11.8 Å². The van der Waals surface area contributed by atoms with Crippen LogP contribution in [0.3, 0.4) is 0 Å². The van der Waals surface area contributed by atoms with Crippen LogP contribution in [0, 0.1) is 24.1 Å². The molecule has 0 atom stereocenters. The van der Waals surface area contributed by atoms with Crippen molar-refractivity contribution >= 4 is 17.5 Å². The summed E-state index contributed by atoms with van der Waals surface area (Å²) in [6.45, 7) is 1.84. The zero-order valence-corrected chi connectivity index (χ0v) is 13.1. The second-order valence-corrected chi connectivity index (χ2v) is 4.99. The van der Waals surface area contributed by atoms with Gasteiger partial charge in [0.2, 0.25) is 5.95 Å².